The third-order valence-electron chi connectivity index (χ3n) is 3.78. The molecule has 1 saturated heterocycles. The molecule has 2 heteroatoms. The largest absolute Gasteiger partial charge is 0.313 e. The first-order chi connectivity index (χ1) is 7.90. The maximum absolute atomic E-state index is 3.80. The number of hydrogen-bond donors (Lipinski definition) is 1. The Labute approximate surface area is 100 Å². The molecule has 1 N–H and O–H groups in total. The number of allylic oxidation sites excluding steroid dienone is 1. The van der Waals surface area contributed by atoms with Crippen molar-refractivity contribution in [2.75, 3.05) is 19.6 Å². The first-order valence-corrected chi connectivity index (χ1v) is 6.98. The molecule has 2 aliphatic rings. The number of nitrogens with one attached hydrogen (secondary N) is 1. The Kier molecular flexibility index (Phi) is 4.86. The molecule has 0 aromatic heterocycles. The van der Waals surface area contributed by atoms with Gasteiger partial charge in [0.25, 0.3) is 0 Å². The van der Waals surface area contributed by atoms with Gasteiger partial charge in [0.1, 0.15) is 0 Å². The molecule has 0 radical (unpaired) electrons. The number of piperidine rings is 1. The lowest BCUT2D eigenvalue weighted by Crippen LogP contribution is -2.44. The van der Waals surface area contributed by atoms with Gasteiger partial charge in [-0.25, -0.2) is 0 Å². The van der Waals surface area contributed by atoms with Crippen LogP contribution in [0.1, 0.15) is 44.9 Å². The van der Waals surface area contributed by atoms with Crippen molar-refractivity contribution in [2.45, 2.75) is 57.0 Å². The van der Waals surface area contributed by atoms with Crippen molar-refractivity contribution in [3.63, 3.8) is 0 Å². The molecule has 1 unspecified atom stereocenters. The van der Waals surface area contributed by atoms with Gasteiger partial charge in [-0.1, -0.05) is 12.5 Å². The quantitative estimate of drug-likeness (QED) is 0.526. The van der Waals surface area contributed by atoms with E-state index in [-0.39, 0.29) is 0 Å². The van der Waals surface area contributed by atoms with Crippen LogP contribution in [0, 0.1) is 0 Å². The molecule has 1 heterocycles. The molecule has 1 aliphatic heterocycles. The summed E-state index contributed by atoms with van der Waals surface area (Å²) in [7, 11) is 0. The molecule has 0 aromatic carbocycles. The molecule has 1 atom stereocenters. The minimum absolute atomic E-state index is 0.762. The molecular weight excluding hydrogens is 196 g/mol. The molecule has 1 saturated carbocycles. The monoisotopic (exact) mass is 222 g/mol. The van der Waals surface area contributed by atoms with E-state index in [9.17, 15) is 0 Å². The Morgan fingerprint density at radius 3 is 2.75 bits per heavy atom. The van der Waals surface area contributed by atoms with Crippen LogP contribution in [0.15, 0.2) is 12.7 Å². The first-order valence-electron chi connectivity index (χ1n) is 6.98. The fourth-order valence-electron chi connectivity index (χ4n) is 2.66. The highest BCUT2D eigenvalue weighted by atomic mass is 15.2. The number of unbranched alkanes of at least 4 members (excludes halogenated alkanes) is 1. The van der Waals surface area contributed by atoms with Gasteiger partial charge in [0.2, 0.25) is 0 Å². The van der Waals surface area contributed by atoms with Crippen molar-refractivity contribution >= 4 is 0 Å². The molecule has 0 spiro atoms. The van der Waals surface area contributed by atoms with Crippen molar-refractivity contribution in [2.24, 2.45) is 0 Å². The van der Waals surface area contributed by atoms with E-state index in [1.807, 2.05) is 6.08 Å². The van der Waals surface area contributed by atoms with Crippen molar-refractivity contribution in [1.82, 2.24) is 10.2 Å². The molecule has 2 nitrogen and oxygen atoms in total. The van der Waals surface area contributed by atoms with E-state index >= 15 is 0 Å². The zero-order valence-corrected chi connectivity index (χ0v) is 10.5. The normalized spacial score (nSPS) is 25.9. The Morgan fingerprint density at radius 1 is 1.25 bits per heavy atom. The molecule has 0 aromatic rings. The van der Waals surface area contributed by atoms with Gasteiger partial charge < -0.3 is 5.32 Å². The van der Waals surface area contributed by atoms with Gasteiger partial charge in [-0.3, -0.25) is 4.90 Å². The zero-order valence-electron chi connectivity index (χ0n) is 10.5. The summed E-state index contributed by atoms with van der Waals surface area (Å²) >= 11 is 0. The second-order valence-electron chi connectivity index (χ2n) is 5.30. The fraction of sp³-hybridized carbons (Fsp3) is 0.857. The third-order valence-corrected chi connectivity index (χ3v) is 3.78. The van der Waals surface area contributed by atoms with E-state index in [0.29, 0.717) is 0 Å². The highest BCUT2D eigenvalue weighted by Gasteiger charge is 2.30. The molecule has 16 heavy (non-hydrogen) atoms. The summed E-state index contributed by atoms with van der Waals surface area (Å²) in [6.45, 7) is 7.59. The molecule has 92 valence electrons. The number of hydrogen-bond acceptors (Lipinski definition) is 2. The lowest BCUT2D eigenvalue weighted by atomic mass is 10.0. The van der Waals surface area contributed by atoms with Crippen LogP contribution in [-0.4, -0.2) is 36.6 Å². The molecule has 2 rings (SSSR count). The Balaban J connectivity index is 1.70. The zero-order chi connectivity index (χ0) is 11.2. The first kappa shape index (κ1) is 12.1. The van der Waals surface area contributed by atoms with E-state index in [1.54, 1.807) is 0 Å². The van der Waals surface area contributed by atoms with Gasteiger partial charge in [-0.15, -0.1) is 6.58 Å². The van der Waals surface area contributed by atoms with Crippen LogP contribution in [0.25, 0.3) is 0 Å². The van der Waals surface area contributed by atoms with Gasteiger partial charge in [0.15, 0.2) is 0 Å². The van der Waals surface area contributed by atoms with Crippen molar-refractivity contribution in [3.05, 3.63) is 12.7 Å². The summed E-state index contributed by atoms with van der Waals surface area (Å²) < 4.78 is 0. The summed E-state index contributed by atoms with van der Waals surface area (Å²) in [6, 6.07) is 1.67. The lowest BCUT2D eigenvalue weighted by molar-refractivity contribution is 0.214. The molecular formula is C14H26N2. The van der Waals surface area contributed by atoms with Crippen LogP contribution < -0.4 is 5.32 Å². The van der Waals surface area contributed by atoms with Gasteiger partial charge in [0.05, 0.1) is 0 Å². The van der Waals surface area contributed by atoms with Crippen LogP contribution in [0.4, 0.5) is 0 Å². The van der Waals surface area contributed by atoms with Crippen LogP contribution in [0.5, 0.6) is 0 Å². The van der Waals surface area contributed by atoms with Crippen LogP contribution in [-0.2, 0) is 0 Å². The number of nitrogens with zero attached hydrogens (tertiary/aromatic N) is 1. The molecule has 0 amide bonds. The summed E-state index contributed by atoms with van der Waals surface area (Å²) in [4.78, 5) is 2.71. The lowest BCUT2D eigenvalue weighted by Gasteiger charge is -2.30. The SMILES string of the molecule is C=CCCCN(CC1CCCCN1)C1CC1. The molecule has 2 fully saturated rings. The van der Waals surface area contributed by atoms with E-state index in [2.05, 4.69) is 16.8 Å². The van der Waals surface area contributed by atoms with Gasteiger partial charge in [0, 0.05) is 18.6 Å². The Bertz CT molecular complexity index is 205. The van der Waals surface area contributed by atoms with Gasteiger partial charge >= 0.3 is 0 Å². The van der Waals surface area contributed by atoms with Crippen LogP contribution in [0.3, 0.4) is 0 Å². The summed E-state index contributed by atoms with van der Waals surface area (Å²) in [6.07, 6.45) is 11.5. The van der Waals surface area contributed by atoms with E-state index in [0.717, 1.165) is 12.1 Å². The van der Waals surface area contributed by atoms with Gasteiger partial charge in [-0.2, -0.15) is 0 Å². The standard InChI is InChI=1S/C14H26N2/c1-2-3-6-11-16(14-8-9-14)12-13-7-4-5-10-15-13/h2,13-15H,1,3-12H2. The summed E-state index contributed by atoms with van der Waals surface area (Å²) in [5.74, 6) is 0. The average Bonchev–Trinajstić information content (AvgIpc) is 3.13. The summed E-state index contributed by atoms with van der Waals surface area (Å²) in [5, 5.41) is 3.66. The Hall–Kier alpha value is -0.340. The Morgan fingerprint density at radius 2 is 2.12 bits per heavy atom. The minimum atomic E-state index is 0.762. The van der Waals surface area contributed by atoms with Gasteiger partial charge in [-0.05, 0) is 51.6 Å². The smallest absolute Gasteiger partial charge is 0.0195 e. The topological polar surface area (TPSA) is 15.3 Å². The van der Waals surface area contributed by atoms with Crippen LogP contribution >= 0.6 is 0 Å². The second-order valence-corrected chi connectivity index (χ2v) is 5.30. The van der Waals surface area contributed by atoms with Crippen LogP contribution in [0.2, 0.25) is 0 Å². The van der Waals surface area contributed by atoms with Crippen molar-refractivity contribution < 1.29 is 0 Å². The molecule has 0 bridgehead atoms. The summed E-state index contributed by atoms with van der Waals surface area (Å²) in [5.41, 5.74) is 0. The second kappa shape index (κ2) is 6.41. The maximum Gasteiger partial charge on any atom is 0.0195 e. The third kappa shape index (κ3) is 3.91. The van der Waals surface area contributed by atoms with Crippen molar-refractivity contribution in [3.8, 4) is 0 Å². The predicted molar refractivity (Wildman–Crippen MR) is 69.7 cm³/mol. The minimum Gasteiger partial charge on any atom is -0.313 e. The van der Waals surface area contributed by atoms with E-state index in [1.165, 1.54) is 64.6 Å². The molecule has 1 aliphatic carbocycles. The predicted octanol–water partition coefficient (Wildman–Crippen LogP) is 2.56. The van der Waals surface area contributed by atoms with Crippen molar-refractivity contribution in [1.29, 1.82) is 0 Å². The average molecular weight is 222 g/mol. The van der Waals surface area contributed by atoms with E-state index in [4.69, 9.17) is 0 Å². The number of rotatable bonds is 7. The van der Waals surface area contributed by atoms with E-state index < -0.39 is 0 Å². The highest BCUT2D eigenvalue weighted by Crippen LogP contribution is 2.27. The fourth-order valence-corrected chi connectivity index (χ4v) is 2.66. The highest BCUT2D eigenvalue weighted by molar-refractivity contribution is 4.88. The maximum atomic E-state index is 3.80.